The molecule has 0 bridgehead atoms. The number of hydrazone groups is 1. The minimum Gasteiger partial charge on any atom is -0.493 e. The number of para-hydroxylation sites is 1. The van der Waals surface area contributed by atoms with Crippen molar-refractivity contribution >= 4 is 35.1 Å². The van der Waals surface area contributed by atoms with E-state index in [0.29, 0.717) is 28.2 Å². The Hall–Kier alpha value is -2.31. The van der Waals surface area contributed by atoms with Crippen molar-refractivity contribution in [1.29, 1.82) is 0 Å². The fraction of sp³-hybridized carbons (Fsp3) is 0.222. The number of hydrogen-bond donors (Lipinski definition) is 2. The average molecular weight is 378 g/mol. The van der Waals surface area contributed by atoms with E-state index in [4.69, 9.17) is 33.3 Å². The van der Waals surface area contributed by atoms with E-state index in [1.165, 1.54) is 0 Å². The molecule has 0 aliphatic heterocycles. The highest BCUT2D eigenvalue weighted by atomic mass is 35.5. The van der Waals surface area contributed by atoms with Crippen LogP contribution in [0.25, 0.3) is 0 Å². The molecule has 132 valence electrons. The monoisotopic (exact) mass is 377 g/mol. The molecule has 2 aromatic carbocycles. The summed E-state index contributed by atoms with van der Waals surface area (Å²) < 4.78 is 11.3. The molecule has 0 saturated carbocycles. The summed E-state index contributed by atoms with van der Waals surface area (Å²) in [6, 6.07) is 13.1. The summed E-state index contributed by atoms with van der Waals surface area (Å²) in [6.07, 6.45) is 1.64. The standard InChI is InChI=1S/C18H20ClN3O2S/c1-3-20-18(25)22-21-11-14-7-5-9-16(23-2)17(14)24-12-13-6-4-8-15(19)10-13/h4-11H,3,12H2,1-2H3,(H2,20,22,25)/b21-11+. The fourth-order valence-corrected chi connectivity index (χ4v) is 2.50. The first-order valence-corrected chi connectivity index (χ1v) is 8.53. The number of methoxy groups -OCH3 is 1. The van der Waals surface area contributed by atoms with E-state index < -0.39 is 0 Å². The molecule has 7 heteroatoms. The van der Waals surface area contributed by atoms with Gasteiger partial charge in [0, 0.05) is 17.1 Å². The van der Waals surface area contributed by atoms with Crippen molar-refractivity contribution in [2.75, 3.05) is 13.7 Å². The van der Waals surface area contributed by atoms with Gasteiger partial charge in [-0.1, -0.05) is 29.8 Å². The Morgan fingerprint density at radius 3 is 2.80 bits per heavy atom. The molecule has 0 radical (unpaired) electrons. The molecule has 2 N–H and O–H groups in total. The van der Waals surface area contributed by atoms with Gasteiger partial charge in [0.1, 0.15) is 6.61 Å². The maximum Gasteiger partial charge on any atom is 0.186 e. The lowest BCUT2D eigenvalue weighted by Crippen LogP contribution is -2.31. The lowest BCUT2D eigenvalue weighted by molar-refractivity contribution is 0.284. The van der Waals surface area contributed by atoms with Crippen molar-refractivity contribution in [2.45, 2.75) is 13.5 Å². The summed E-state index contributed by atoms with van der Waals surface area (Å²) in [5, 5.41) is 8.22. The quantitative estimate of drug-likeness (QED) is 0.437. The molecule has 0 aliphatic rings. The van der Waals surface area contributed by atoms with Crippen molar-refractivity contribution in [3.63, 3.8) is 0 Å². The number of rotatable bonds is 7. The number of benzene rings is 2. The van der Waals surface area contributed by atoms with Gasteiger partial charge in [-0.2, -0.15) is 5.10 Å². The summed E-state index contributed by atoms with van der Waals surface area (Å²) in [5.41, 5.74) is 4.49. The van der Waals surface area contributed by atoms with Crippen molar-refractivity contribution in [2.24, 2.45) is 5.10 Å². The van der Waals surface area contributed by atoms with Gasteiger partial charge in [0.05, 0.1) is 13.3 Å². The van der Waals surface area contributed by atoms with Gasteiger partial charge in [-0.05, 0) is 49.0 Å². The van der Waals surface area contributed by atoms with Crippen molar-refractivity contribution < 1.29 is 9.47 Å². The predicted octanol–water partition coefficient (Wildman–Crippen LogP) is 3.75. The molecule has 0 saturated heterocycles. The van der Waals surface area contributed by atoms with Crippen LogP contribution in [-0.4, -0.2) is 25.0 Å². The summed E-state index contributed by atoms with van der Waals surface area (Å²) in [5.74, 6) is 1.23. The van der Waals surface area contributed by atoms with Crippen LogP contribution in [-0.2, 0) is 6.61 Å². The van der Waals surface area contributed by atoms with Gasteiger partial charge in [-0.3, -0.25) is 5.43 Å². The van der Waals surface area contributed by atoms with E-state index in [0.717, 1.165) is 17.7 Å². The first-order chi connectivity index (χ1) is 12.1. The van der Waals surface area contributed by atoms with Gasteiger partial charge in [0.2, 0.25) is 0 Å². The molecule has 5 nitrogen and oxygen atoms in total. The molecule has 25 heavy (non-hydrogen) atoms. The summed E-state index contributed by atoms with van der Waals surface area (Å²) in [6.45, 7) is 3.06. The Bertz CT molecular complexity index is 753. The number of nitrogens with one attached hydrogen (secondary N) is 2. The molecule has 0 fully saturated rings. The van der Waals surface area contributed by atoms with E-state index in [9.17, 15) is 0 Å². The summed E-state index contributed by atoms with van der Waals surface area (Å²) >= 11 is 11.1. The highest BCUT2D eigenvalue weighted by Crippen LogP contribution is 2.31. The van der Waals surface area contributed by atoms with Crippen molar-refractivity contribution in [3.8, 4) is 11.5 Å². The average Bonchev–Trinajstić information content (AvgIpc) is 2.60. The lowest BCUT2D eigenvalue weighted by atomic mass is 10.2. The van der Waals surface area contributed by atoms with Crippen LogP contribution in [0, 0.1) is 0 Å². The van der Waals surface area contributed by atoms with E-state index >= 15 is 0 Å². The highest BCUT2D eigenvalue weighted by molar-refractivity contribution is 7.80. The van der Waals surface area contributed by atoms with Gasteiger partial charge >= 0.3 is 0 Å². The molecule has 0 atom stereocenters. The Kier molecular flexibility index (Phi) is 7.50. The Morgan fingerprint density at radius 1 is 1.28 bits per heavy atom. The summed E-state index contributed by atoms with van der Waals surface area (Å²) in [4.78, 5) is 0. The van der Waals surface area contributed by atoms with E-state index in [2.05, 4.69) is 15.8 Å². The van der Waals surface area contributed by atoms with Crippen LogP contribution >= 0.6 is 23.8 Å². The Labute approximate surface area is 158 Å². The van der Waals surface area contributed by atoms with Gasteiger partial charge in [-0.25, -0.2) is 0 Å². The van der Waals surface area contributed by atoms with Crippen LogP contribution in [0.4, 0.5) is 0 Å². The second-order valence-electron chi connectivity index (χ2n) is 5.03. The van der Waals surface area contributed by atoms with Crippen LogP contribution in [0.5, 0.6) is 11.5 Å². The predicted molar refractivity (Wildman–Crippen MR) is 106 cm³/mol. The van der Waals surface area contributed by atoms with E-state index in [1.54, 1.807) is 13.3 Å². The maximum atomic E-state index is 6.01. The SMILES string of the molecule is CCNC(=S)N/N=C/c1cccc(OC)c1OCc1cccc(Cl)c1. The van der Waals surface area contributed by atoms with Gasteiger partial charge < -0.3 is 14.8 Å². The first kappa shape index (κ1) is 19.0. The van der Waals surface area contributed by atoms with Crippen LogP contribution in [0.1, 0.15) is 18.1 Å². The summed E-state index contributed by atoms with van der Waals surface area (Å²) in [7, 11) is 1.60. The molecule has 0 aromatic heterocycles. The second-order valence-corrected chi connectivity index (χ2v) is 5.87. The smallest absolute Gasteiger partial charge is 0.186 e. The van der Waals surface area contributed by atoms with Crippen LogP contribution in [0.2, 0.25) is 5.02 Å². The fourth-order valence-electron chi connectivity index (χ4n) is 2.09. The van der Waals surface area contributed by atoms with Crippen molar-refractivity contribution in [3.05, 3.63) is 58.6 Å². The zero-order valence-corrected chi connectivity index (χ0v) is 15.7. The first-order valence-electron chi connectivity index (χ1n) is 7.75. The number of nitrogens with zero attached hydrogens (tertiary/aromatic N) is 1. The maximum absolute atomic E-state index is 6.01. The third-order valence-electron chi connectivity index (χ3n) is 3.21. The van der Waals surface area contributed by atoms with Crippen molar-refractivity contribution in [1.82, 2.24) is 10.7 Å². The van der Waals surface area contributed by atoms with Gasteiger partial charge in [0.15, 0.2) is 16.6 Å². The molecule has 0 aliphatic carbocycles. The molecular weight excluding hydrogens is 358 g/mol. The van der Waals surface area contributed by atoms with Gasteiger partial charge in [-0.15, -0.1) is 0 Å². The van der Waals surface area contributed by atoms with E-state index in [-0.39, 0.29) is 0 Å². The number of thiocarbonyl (C=S) groups is 1. The van der Waals surface area contributed by atoms with Gasteiger partial charge in [0.25, 0.3) is 0 Å². The topological polar surface area (TPSA) is 54.9 Å². The third-order valence-corrected chi connectivity index (χ3v) is 3.68. The normalized spacial score (nSPS) is 10.5. The molecule has 0 amide bonds. The zero-order chi connectivity index (χ0) is 18.1. The number of ether oxygens (including phenoxy) is 2. The largest absolute Gasteiger partial charge is 0.493 e. The van der Waals surface area contributed by atoms with Crippen LogP contribution in [0.15, 0.2) is 47.6 Å². The number of halogens is 1. The lowest BCUT2D eigenvalue weighted by Gasteiger charge is -2.13. The van der Waals surface area contributed by atoms with Crippen LogP contribution < -0.4 is 20.2 Å². The molecule has 2 aromatic rings. The number of hydrogen-bond acceptors (Lipinski definition) is 4. The minimum absolute atomic E-state index is 0.366. The zero-order valence-electron chi connectivity index (χ0n) is 14.1. The molecular formula is C18H20ClN3O2S. The van der Waals surface area contributed by atoms with E-state index in [1.807, 2.05) is 49.4 Å². The molecule has 2 rings (SSSR count). The third kappa shape index (κ3) is 5.92. The highest BCUT2D eigenvalue weighted by Gasteiger charge is 2.10. The minimum atomic E-state index is 0.366. The molecule has 0 unspecified atom stereocenters. The van der Waals surface area contributed by atoms with Crippen LogP contribution in [0.3, 0.4) is 0 Å². The molecule has 0 spiro atoms. The Morgan fingerprint density at radius 2 is 2.08 bits per heavy atom. The molecule has 0 heterocycles. The Balaban J connectivity index is 2.14. The second kappa shape index (κ2) is 9.86.